The van der Waals surface area contributed by atoms with Gasteiger partial charge in [0.15, 0.2) is 0 Å². The maximum absolute atomic E-state index is 2.17. The minimum Gasteiger partial charge on any atom is -0.0776 e. The van der Waals surface area contributed by atoms with Gasteiger partial charge in [-0.1, -0.05) is 105 Å². The highest BCUT2D eigenvalue weighted by molar-refractivity contribution is 4.21. The molecule has 18 heavy (non-hydrogen) atoms. The topological polar surface area (TPSA) is 0 Å². The molecule has 0 saturated carbocycles. The summed E-state index contributed by atoms with van der Waals surface area (Å²) >= 11 is 0. The minimum atomic E-state index is 0. The number of rotatable bonds is 0. The molecule has 0 aliphatic rings. The lowest BCUT2D eigenvalue weighted by Crippen LogP contribution is -1.66. The van der Waals surface area contributed by atoms with E-state index in [9.17, 15) is 0 Å². The third-order valence-electron chi connectivity index (χ3n) is 0. The van der Waals surface area contributed by atoms with E-state index in [1.807, 2.05) is 0 Å². The van der Waals surface area contributed by atoms with Crippen LogP contribution >= 0.6 is 0 Å². The van der Waals surface area contributed by atoms with Gasteiger partial charge in [-0.05, 0) is 17.8 Å². The first-order valence-electron chi connectivity index (χ1n) is 6.61. The van der Waals surface area contributed by atoms with Crippen molar-refractivity contribution >= 4 is 0 Å². The summed E-state index contributed by atoms with van der Waals surface area (Å²) in [5.74, 6) is 2.50. The number of hydrogen-bond donors (Lipinski definition) is 0. The summed E-state index contributed by atoms with van der Waals surface area (Å²) in [5.41, 5.74) is 0. The van der Waals surface area contributed by atoms with Gasteiger partial charge in [0, 0.05) is 0 Å². The predicted octanol–water partition coefficient (Wildman–Crippen LogP) is 8.31. The highest BCUT2D eigenvalue weighted by atomic mass is 13.8. The van der Waals surface area contributed by atoms with Crippen molar-refractivity contribution in [2.45, 2.75) is 105 Å². The monoisotopic (exact) mass is 266 g/mol. The second-order valence-corrected chi connectivity index (χ2v) is 5.90. The molecule has 0 heterocycles. The summed E-state index contributed by atoms with van der Waals surface area (Å²) in [6.45, 7) is 23.8. The van der Waals surface area contributed by atoms with E-state index >= 15 is 0 Å². The zero-order chi connectivity index (χ0) is 13.4. The Bertz CT molecular complexity index is 37.9. The molecule has 0 nitrogen and oxygen atoms in total. The van der Waals surface area contributed by atoms with Crippen LogP contribution in [0, 0.1) is 17.8 Å². The maximum Gasteiger partial charge on any atom is -0.0500 e. The summed E-state index contributed by atoms with van der Waals surface area (Å²) in [6.07, 6.45) is 1.25. The van der Waals surface area contributed by atoms with Gasteiger partial charge in [0.1, 0.15) is 0 Å². The summed E-state index contributed by atoms with van der Waals surface area (Å²) in [4.78, 5) is 0. The molecule has 0 aliphatic heterocycles. The zero-order valence-corrected chi connectivity index (χ0v) is 13.4. The Balaban J connectivity index is -0.0000000171. The summed E-state index contributed by atoms with van der Waals surface area (Å²) < 4.78 is 0. The highest BCUT2D eigenvalue weighted by Gasteiger charge is 1.68. The Kier molecular flexibility index (Phi) is 104. The quantitative estimate of drug-likeness (QED) is 0.413. The predicted molar refractivity (Wildman–Crippen MR) is 97.7 cm³/mol. The smallest absolute Gasteiger partial charge is 0.0500 e. The Morgan fingerprint density at radius 1 is 0.444 bits per heavy atom. The largest absolute Gasteiger partial charge is 0.0776 e. The Morgan fingerprint density at radius 2 is 0.444 bits per heavy atom. The van der Waals surface area contributed by atoms with E-state index in [2.05, 4.69) is 76.2 Å². The molecule has 0 N–H and O–H groups in total. The molecule has 122 valence electrons. The third-order valence-corrected chi connectivity index (χ3v) is 0. The summed E-state index contributed by atoms with van der Waals surface area (Å²) in [7, 11) is 0. The fourth-order valence-electron chi connectivity index (χ4n) is 0. The van der Waals surface area contributed by atoms with Gasteiger partial charge in [-0.15, -0.1) is 0 Å². The van der Waals surface area contributed by atoms with Crippen LogP contribution in [0.3, 0.4) is 0 Å². The van der Waals surface area contributed by atoms with Crippen LogP contribution in [0.25, 0.3) is 0 Å². The lowest BCUT2D eigenvalue weighted by molar-refractivity contribution is 0.736. The molecule has 0 aliphatic carbocycles. The van der Waals surface area contributed by atoms with E-state index in [0.717, 1.165) is 17.8 Å². The molecule has 0 saturated heterocycles. The Hall–Kier alpha value is 0. The molecular formula is C18H50. The van der Waals surface area contributed by atoms with Crippen LogP contribution in [0.5, 0.6) is 0 Å². The molecule has 0 aromatic heterocycles. The van der Waals surface area contributed by atoms with Gasteiger partial charge in [0.05, 0.1) is 0 Å². The van der Waals surface area contributed by atoms with E-state index in [-0.39, 0.29) is 22.3 Å². The lowest BCUT2D eigenvalue weighted by Gasteiger charge is -1.79. The van der Waals surface area contributed by atoms with Crippen LogP contribution in [0.15, 0.2) is 0 Å². The van der Waals surface area contributed by atoms with Gasteiger partial charge >= 0.3 is 0 Å². The maximum atomic E-state index is 2.17. The van der Waals surface area contributed by atoms with Crippen molar-refractivity contribution in [3.63, 3.8) is 0 Å². The van der Waals surface area contributed by atoms with Gasteiger partial charge < -0.3 is 0 Å². The van der Waals surface area contributed by atoms with Gasteiger partial charge in [-0.2, -0.15) is 0 Å². The first kappa shape index (κ1) is 43.0. The van der Waals surface area contributed by atoms with Crippen molar-refractivity contribution in [2.24, 2.45) is 17.8 Å². The van der Waals surface area contributed by atoms with Crippen LogP contribution in [0.1, 0.15) is 105 Å². The van der Waals surface area contributed by atoms with Crippen molar-refractivity contribution in [3.8, 4) is 0 Å². The molecule has 0 spiro atoms. The zero-order valence-electron chi connectivity index (χ0n) is 13.4. The van der Waals surface area contributed by atoms with Crippen molar-refractivity contribution in [1.29, 1.82) is 0 Å². The SMILES string of the molecule is C.C.C.CC(C)C.CC(C)C.CC(C)C.CCC. The van der Waals surface area contributed by atoms with Crippen molar-refractivity contribution < 1.29 is 0 Å². The van der Waals surface area contributed by atoms with E-state index in [1.165, 1.54) is 6.42 Å². The van der Waals surface area contributed by atoms with Crippen LogP contribution in [-0.2, 0) is 0 Å². The molecule has 0 aromatic rings. The fourth-order valence-corrected chi connectivity index (χ4v) is 0. The minimum absolute atomic E-state index is 0. The molecular weight excluding hydrogens is 216 g/mol. The van der Waals surface area contributed by atoms with Crippen LogP contribution in [-0.4, -0.2) is 0 Å². The fraction of sp³-hybridized carbons (Fsp3) is 1.00. The Morgan fingerprint density at radius 3 is 0.444 bits per heavy atom. The van der Waals surface area contributed by atoms with Crippen LogP contribution in [0.2, 0.25) is 0 Å². The molecule has 0 radical (unpaired) electrons. The molecule has 0 unspecified atom stereocenters. The molecule has 0 amide bonds. The average Bonchev–Trinajstić information content (AvgIpc) is 1.81. The number of hydrogen-bond acceptors (Lipinski definition) is 0. The van der Waals surface area contributed by atoms with Crippen molar-refractivity contribution in [1.82, 2.24) is 0 Å². The standard InChI is InChI=1S/3C4H10.C3H8.3CH4/c3*1-4(2)3;1-3-2;;;/h3*4H,1-3H3;3H2,1-2H3;3*1H4. The van der Waals surface area contributed by atoms with Crippen molar-refractivity contribution in [2.75, 3.05) is 0 Å². The summed E-state index contributed by atoms with van der Waals surface area (Å²) in [5, 5.41) is 0. The molecule has 0 fully saturated rings. The summed E-state index contributed by atoms with van der Waals surface area (Å²) in [6, 6.07) is 0. The van der Waals surface area contributed by atoms with E-state index in [4.69, 9.17) is 0 Å². The van der Waals surface area contributed by atoms with Gasteiger partial charge in [0.2, 0.25) is 0 Å². The second-order valence-electron chi connectivity index (χ2n) is 5.90. The lowest BCUT2D eigenvalue weighted by atomic mass is 10.3. The van der Waals surface area contributed by atoms with E-state index < -0.39 is 0 Å². The normalized spacial score (nSPS) is 7.00. The average molecular weight is 267 g/mol. The first-order chi connectivity index (χ1) is 6.61. The van der Waals surface area contributed by atoms with Crippen molar-refractivity contribution in [3.05, 3.63) is 0 Å². The highest BCUT2D eigenvalue weighted by Crippen LogP contribution is 1.81. The van der Waals surface area contributed by atoms with Crippen LogP contribution < -0.4 is 0 Å². The van der Waals surface area contributed by atoms with Crippen LogP contribution in [0.4, 0.5) is 0 Å². The van der Waals surface area contributed by atoms with Gasteiger partial charge in [-0.25, -0.2) is 0 Å². The van der Waals surface area contributed by atoms with E-state index in [0.29, 0.717) is 0 Å². The molecule has 0 atom stereocenters. The molecule has 0 rings (SSSR count). The molecule has 0 aromatic carbocycles. The first-order valence-corrected chi connectivity index (χ1v) is 6.61. The van der Waals surface area contributed by atoms with Gasteiger partial charge in [0.25, 0.3) is 0 Å². The third kappa shape index (κ3) is 0. The molecule has 0 heteroatoms. The Labute approximate surface area is 123 Å². The second kappa shape index (κ2) is 43.5. The van der Waals surface area contributed by atoms with Gasteiger partial charge in [-0.3, -0.25) is 0 Å². The van der Waals surface area contributed by atoms with E-state index in [1.54, 1.807) is 0 Å². The molecule has 0 bridgehead atoms.